The second-order valence-corrected chi connectivity index (χ2v) is 8.28. The van der Waals surface area contributed by atoms with Crippen LogP contribution in [-0.2, 0) is 4.79 Å². The summed E-state index contributed by atoms with van der Waals surface area (Å²) in [5.41, 5.74) is 2.13. The lowest BCUT2D eigenvalue weighted by Gasteiger charge is -2.42. The molecule has 5 rings (SSSR count). The number of anilines is 1. The van der Waals surface area contributed by atoms with Gasteiger partial charge in [0, 0.05) is 13.1 Å². The summed E-state index contributed by atoms with van der Waals surface area (Å²) in [6.07, 6.45) is 3.92. The van der Waals surface area contributed by atoms with E-state index in [0.29, 0.717) is 15.8 Å². The van der Waals surface area contributed by atoms with Gasteiger partial charge in [0.25, 0.3) is 5.91 Å². The lowest BCUT2D eigenvalue weighted by molar-refractivity contribution is -0.175. The maximum atomic E-state index is 12.1. The highest BCUT2D eigenvalue weighted by molar-refractivity contribution is 7.13. The number of hydroxylamine groups is 2. The number of thiophene rings is 1. The summed E-state index contributed by atoms with van der Waals surface area (Å²) in [6.45, 7) is 0. The van der Waals surface area contributed by atoms with Crippen molar-refractivity contribution in [3.05, 3.63) is 31.5 Å². The minimum absolute atomic E-state index is 0.0778. The van der Waals surface area contributed by atoms with E-state index in [2.05, 4.69) is 27.6 Å². The van der Waals surface area contributed by atoms with Gasteiger partial charge in [-0.25, -0.2) is 0 Å². The smallest absolute Gasteiger partial charge is 0.271 e. The fourth-order valence-electron chi connectivity index (χ4n) is 2.97. The summed E-state index contributed by atoms with van der Waals surface area (Å²) in [5.74, 6) is 6.91. The molecule has 1 aliphatic carbocycles. The van der Waals surface area contributed by atoms with Gasteiger partial charge in [0.05, 0.1) is 20.9 Å². The summed E-state index contributed by atoms with van der Waals surface area (Å²) in [6, 6.07) is 1.86. The average molecular weight is 376 g/mol. The van der Waals surface area contributed by atoms with Crippen LogP contribution in [0.2, 0.25) is 4.34 Å². The Bertz CT molecular complexity index is 991. The van der Waals surface area contributed by atoms with Gasteiger partial charge in [0.2, 0.25) is 0 Å². The minimum atomic E-state index is -0.243. The number of aromatic nitrogens is 1. The first-order valence-corrected chi connectivity index (χ1v) is 9.33. The quantitative estimate of drug-likeness (QED) is 0.611. The van der Waals surface area contributed by atoms with Gasteiger partial charge in [-0.1, -0.05) is 11.6 Å². The van der Waals surface area contributed by atoms with E-state index in [-0.39, 0.29) is 11.3 Å². The largest absolute Gasteiger partial charge is 0.384 e. The van der Waals surface area contributed by atoms with Crippen molar-refractivity contribution in [3.8, 4) is 17.6 Å². The van der Waals surface area contributed by atoms with E-state index in [1.807, 2.05) is 6.07 Å². The van der Waals surface area contributed by atoms with E-state index in [4.69, 9.17) is 16.4 Å². The summed E-state index contributed by atoms with van der Waals surface area (Å²) in [5, 5.41) is 4.42. The predicted molar refractivity (Wildman–Crippen MR) is 94.1 cm³/mol. The number of carbonyl (C=O) groups is 1. The number of β-lactam (4-membered cyclic amide) rings is 1. The number of hydrogen-bond acceptors (Lipinski definition) is 6. The maximum Gasteiger partial charge on any atom is 0.271 e. The van der Waals surface area contributed by atoms with Crippen molar-refractivity contribution in [2.45, 2.75) is 12.8 Å². The van der Waals surface area contributed by atoms with Gasteiger partial charge in [-0.05, 0) is 42.3 Å². The predicted octanol–water partition coefficient (Wildman–Crippen LogP) is 3.57. The van der Waals surface area contributed by atoms with E-state index in [9.17, 15) is 4.79 Å². The molecule has 4 heterocycles. The van der Waals surface area contributed by atoms with Crippen LogP contribution in [-0.4, -0.2) is 22.4 Å². The van der Waals surface area contributed by atoms with Gasteiger partial charge < -0.3 is 10.2 Å². The molecule has 0 unspecified atom stereocenters. The normalized spacial score (nSPS) is 18.7. The molecule has 5 nitrogen and oxygen atoms in total. The first-order valence-electron chi connectivity index (χ1n) is 7.36. The molecule has 0 bridgehead atoms. The number of rotatable bonds is 1. The second kappa shape index (κ2) is 4.76. The molecule has 3 aliphatic rings. The van der Waals surface area contributed by atoms with E-state index in [1.54, 1.807) is 18.4 Å². The molecule has 2 aromatic rings. The van der Waals surface area contributed by atoms with Gasteiger partial charge in [-0.2, -0.15) is 4.37 Å². The summed E-state index contributed by atoms with van der Waals surface area (Å²) in [4.78, 5) is 19.7. The second-order valence-electron chi connectivity index (χ2n) is 5.82. The molecule has 1 spiro atoms. The molecule has 0 atom stereocenters. The standard InChI is InChI=1S/C16H10ClN3O2S2/c1-18-13-9(19-24-14(13)17)3-2-8-6-10-11(23-8)7-12-16(4-5-16)15(21)20(12)22-10/h6-7,18H,4-5H2,1H3. The molecule has 8 heteroatoms. The van der Waals surface area contributed by atoms with Gasteiger partial charge in [-0.15, -0.1) is 16.4 Å². The van der Waals surface area contributed by atoms with Gasteiger partial charge in [0.15, 0.2) is 11.4 Å². The Balaban J connectivity index is 1.47. The van der Waals surface area contributed by atoms with Crippen LogP contribution in [0.1, 0.15) is 28.3 Å². The number of carbonyl (C=O) groups excluding carboxylic acids is 1. The van der Waals surface area contributed by atoms with E-state index in [0.717, 1.165) is 34.0 Å². The fraction of sp³-hybridized carbons (Fsp3) is 0.250. The third kappa shape index (κ3) is 1.82. The molecule has 1 amide bonds. The summed E-state index contributed by atoms with van der Waals surface area (Å²) < 4.78 is 4.83. The Kier molecular flexibility index (Phi) is 2.84. The molecule has 0 aromatic carbocycles. The molecule has 0 radical (unpaired) electrons. The molecule has 2 aliphatic heterocycles. The van der Waals surface area contributed by atoms with Crippen LogP contribution in [0.3, 0.4) is 0 Å². The first-order chi connectivity index (χ1) is 11.6. The van der Waals surface area contributed by atoms with Gasteiger partial charge in [-0.3, -0.25) is 4.79 Å². The van der Waals surface area contributed by atoms with Crippen molar-refractivity contribution in [2.75, 3.05) is 12.4 Å². The Labute approximate surface area is 151 Å². The molecule has 2 aromatic heterocycles. The van der Waals surface area contributed by atoms with Crippen LogP contribution in [0.4, 0.5) is 5.69 Å². The van der Waals surface area contributed by atoms with Crippen LogP contribution >= 0.6 is 34.5 Å². The summed E-state index contributed by atoms with van der Waals surface area (Å²) >= 11 is 8.82. The molecule has 1 saturated carbocycles. The van der Waals surface area contributed by atoms with E-state index in [1.165, 1.54) is 16.6 Å². The average Bonchev–Trinajstić information content (AvgIpc) is 3.22. The van der Waals surface area contributed by atoms with Gasteiger partial charge >= 0.3 is 0 Å². The highest BCUT2D eigenvalue weighted by Crippen LogP contribution is 2.63. The molecule has 24 heavy (non-hydrogen) atoms. The molecule has 2 fully saturated rings. The number of nitrogens with zero attached hydrogens (tertiary/aromatic N) is 2. The van der Waals surface area contributed by atoms with Crippen molar-refractivity contribution < 1.29 is 9.63 Å². The zero-order chi connectivity index (χ0) is 16.5. The van der Waals surface area contributed by atoms with Crippen LogP contribution in [0.15, 0.2) is 11.8 Å². The first kappa shape index (κ1) is 14.3. The number of fused-ring (bicyclic) bond motifs is 3. The van der Waals surface area contributed by atoms with Crippen molar-refractivity contribution in [2.24, 2.45) is 5.41 Å². The van der Waals surface area contributed by atoms with Crippen molar-refractivity contribution >= 4 is 52.1 Å². The number of amides is 1. The van der Waals surface area contributed by atoms with Crippen molar-refractivity contribution in [3.63, 3.8) is 0 Å². The van der Waals surface area contributed by atoms with Crippen LogP contribution < -0.4 is 10.2 Å². The molecule has 120 valence electrons. The van der Waals surface area contributed by atoms with Crippen molar-refractivity contribution in [1.29, 1.82) is 0 Å². The maximum absolute atomic E-state index is 12.1. The number of hydrogen-bond donors (Lipinski definition) is 1. The monoisotopic (exact) mass is 375 g/mol. The zero-order valence-electron chi connectivity index (χ0n) is 12.5. The Hall–Kier alpha value is -2.01. The van der Waals surface area contributed by atoms with Crippen LogP contribution in [0.5, 0.6) is 5.75 Å². The Morgan fingerprint density at radius 3 is 3.04 bits per heavy atom. The SMILES string of the molecule is CNc1c(C#Cc2cc3c(s2)C=C2N(O3)C(=O)C23CC3)nsc1Cl. The third-order valence-corrected chi connectivity index (χ3v) is 6.45. The topological polar surface area (TPSA) is 54.5 Å². The molecule has 1 N–H and O–H groups in total. The number of halogens is 1. The molecule has 1 saturated heterocycles. The fourth-order valence-corrected chi connectivity index (χ4v) is 4.73. The van der Waals surface area contributed by atoms with E-state index >= 15 is 0 Å². The zero-order valence-corrected chi connectivity index (χ0v) is 14.9. The highest BCUT2D eigenvalue weighted by Gasteiger charge is 2.67. The molecular formula is C16H10ClN3O2S2. The lowest BCUT2D eigenvalue weighted by atomic mass is 9.91. The summed E-state index contributed by atoms with van der Waals surface area (Å²) in [7, 11) is 1.79. The van der Waals surface area contributed by atoms with Crippen LogP contribution in [0, 0.1) is 17.3 Å². The van der Waals surface area contributed by atoms with E-state index < -0.39 is 0 Å². The molecular weight excluding hydrogens is 366 g/mol. The van der Waals surface area contributed by atoms with Gasteiger partial charge in [0.1, 0.15) is 10.0 Å². The highest BCUT2D eigenvalue weighted by atomic mass is 35.5. The Morgan fingerprint density at radius 1 is 1.46 bits per heavy atom. The Morgan fingerprint density at radius 2 is 2.29 bits per heavy atom. The minimum Gasteiger partial charge on any atom is -0.384 e. The van der Waals surface area contributed by atoms with Crippen LogP contribution in [0.25, 0.3) is 6.08 Å². The third-order valence-electron chi connectivity index (χ3n) is 4.44. The number of nitrogens with one attached hydrogen (secondary N) is 1. The van der Waals surface area contributed by atoms with Crippen molar-refractivity contribution in [1.82, 2.24) is 9.44 Å². The lowest BCUT2D eigenvalue weighted by Crippen LogP contribution is -2.54.